The third-order valence-corrected chi connectivity index (χ3v) is 9.88. The molecule has 3 heterocycles. The molecule has 2 aromatic carbocycles. The van der Waals surface area contributed by atoms with Gasteiger partial charge in [-0.05, 0) is 60.7 Å². The number of amides is 1. The van der Waals surface area contributed by atoms with Gasteiger partial charge >= 0.3 is 0 Å². The Bertz CT molecular complexity index is 1580. The first-order chi connectivity index (χ1) is 20.1. The molecule has 1 aromatic heterocycles. The standard InChI is InChI=1S/C34H42N6O2/c1-5-23-16-25-26(34(3,4)33-31(32(25)42)24-9-8-22(18-35)15-28(24)37-33)17-29(23)39-11-13-40(14-12-39)30(41)7-6-10-38-19-21(2)27(36)20-38/h8-9,15-17,21,27,37H,5-7,10-14,19-20,36H2,1-4H3/t21-,27+/m1/s1. The summed E-state index contributed by atoms with van der Waals surface area (Å²) in [5, 5.41) is 10.3. The van der Waals surface area contributed by atoms with Gasteiger partial charge in [0.15, 0.2) is 5.78 Å². The highest BCUT2D eigenvalue weighted by Gasteiger charge is 2.40. The Kier molecular flexibility index (Phi) is 7.36. The Morgan fingerprint density at radius 2 is 1.90 bits per heavy atom. The van der Waals surface area contributed by atoms with Crippen molar-refractivity contribution in [3.63, 3.8) is 0 Å². The Morgan fingerprint density at radius 1 is 1.14 bits per heavy atom. The number of aromatic nitrogens is 1. The third kappa shape index (κ3) is 4.79. The highest BCUT2D eigenvalue weighted by atomic mass is 16.2. The summed E-state index contributed by atoms with van der Waals surface area (Å²) < 4.78 is 0. The summed E-state index contributed by atoms with van der Waals surface area (Å²) in [7, 11) is 0. The Hall–Kier alpha value is -3.67. The highest BCUT2D eigenvalue weighted by molar-refractivity contribution is 6.20. The lowest BCUT2D eigenvalue weighted by Gasteiger charge is -2.39. The molecule has 42 heavy (non-hydrogen) atoms. The molecular formula is C34H42N6O2. The Morgan fingerprint density at radius 3 is 2.57 bits per heavy atom. The number of H-pyrrole nitrogens is 1. The molecule has 0 radical (unpaired) electrons. The molecule has 3 N–H and O–H groups in total. The van der Waals surface area contributed by atoms with Crippen LogP contribution in [0.5, 0.6) is 0 Å². The van der Waals surface area contributed by atoms with Crippen LogP contribution in [0.25, 0.3) is 10.9 Å². The van der Waals surface area contributed by atoms with Gasteiger partial charge in [0, 0.05) is 85.0 Å². The molecule has 1 aliphatic carbocycles. The number of aromatic amines is 1. The Balaban J connectivity index is 1.19. The van der Waals surface area contributed by atoms with Crippen LogP contribution < -0.4 is 10.6 Å². The summed E-state index contributed by atoms with van der Waals surface area (Å²) in [6.45, 7) is 14.5. The minimum Gasteiger partial charge on any atom is -0.368 e. The number of nitriles is 1. The number of carbonyl (C=O) groups is 2. The van der Waals surface area contributed by atoms with E-state index in [1.54, 1.807) is 6.07 Å². The molecule has 8 heteroatoms. The van der Waals surface area contributed by atoms with Crippen LogP contribution in [0.4, 0.5) is 5.69 Å². The van der Waals surface area contributed by atoms with Crippen LogP contribution in [0.1, 0.15) is 78.8 Å². The molecule has 2 aliphatic heterocycles. The van der Waals surface area contributed by atoms with E-state index in [0.29, 0.717) is 31.0 Å². The van der Waals surface area contributed by atoms with Crippen molar-refractivity contribution >= 4 is 28.3 Å². The van der Waals surface area contributed by atoms with Crippen molar-refractivity contribution in [1.82, 2.24) is 14.8 Å². The fourth-order valence-electron chi connectivity index (χ4n) is 7.24. The van der Waals surface area contributed by atoms with Crippen molar-refractivity contribution < 1.29 is 9.59 Å². The zero-order valence-electron chi connectivity index (χ0n) is 25.3. The van der Waals surface area contributed by atoms with Crippen LogP contribution in [0.3, 0.4) is 0 Å². The number of anilines is 1. The molecule has 3 aliphatic rings. The number of piperazine rings is 1. The van der Waals surface area contributed by atoms with Gasteiger partial charge in [0.1, 0.15) is 0 Å². The molecule has 0 unspecified atom stereocenters. The molecule has 1 amide bonds. The summed E-state index contributed by atoms with van der Waals surface area (Å²) in [5.41, 5.74) is 12.9. The molecule has 0 bridgehead atoms. The number of hydrogen-bond acceptors (Lipinski definition) is 6. The minimum atomic E-state index is -0.416. The maximum absolute atomic E-state index is 13.9. The molecular weight excluding hydrogens is 524 g/mol. The first kappa shape index (κ1) is 28.4. The highest BCUT2D eigenvalue weighted by Crippen LogP contribution is 2.45. The van der Waals surface area contributed by atoms with Crippen LogP contribution in [-0.2, 0) is 16.6 Å². The first-order valence-corrected chi connectivity index (χ1v) is 15.4. The lowest BCUT2D eigenvalue weighted by molar-refractivity contribution is -0.131. The predicted molar refractivity (Wildman–Crippen MR) is 166 cm³/mol. The van der Waals surface area contributed by atoms with Crippen LogP contribution in [-0.4, -0.2) is 78.3 Å². The fourth-order valence-corrected chi connectivity index (χ4v) is 7.24. The number of likely N-dealkylation sites (tertiary alicyclic amines) is 1. The average molecular weight is 567 g/mol. The first-order valence-electron chi connectivity index (χ1n) is 15.4. The number of ketones is 1. The number of fused-ring (bicyclic) bond motifs is 4. The number of carbonyl (C=O) groups excluding carboxylic acids is 2. The van der Waals surface area contributed by atoms with Crippen LogP contribution in [0.2, 0.25) is 0 Å². The lowest BCUT2D eigenvalue weighted by atomic mass is 9.70. The van der Waals surface area contributed by atoms with Gasteiger partial charge in [0.25, 0.3) is 0 Å². The van der Waals surface area contributed by atoms with Crippen LogP contribution >= 0.6 is 0 Å². The number of nitrogens with one attached hydrogen (secondary N) is 1. The van der Waals surface area contributed by atoms with Crippen molar-refractivity contribution in [3.8, 4) is 6.07 Å². The molecule has 0 saturated carbocycles. The van der Waals surface area contributed by atoms with E-state index in [0.717, 1.165) is 90.1 Å². The van der Waals surface area contributed by atoms with Gasteiger partial charge in [-0.3, -0.25) is 9.59 Å². The van der Waals surface area contributed by atoms with Crippen LogP contribution in [0, 0.1) is 17.2 Å². The topological polar surface area (TPSA) is 109 Å². The molecule has 2 saturated heterocycles. The molecule has 3 aromatic rings. The van der Waals surface area contributed by atoms with Gasteiger partial charge in [-0.2, -0.15) is 5.26 Å². The zero-order valence-corrected chi connectivity index (χ0v) is 25.3. The second kappa shape index (κ2) is 10.9. The normalized spacial score (nSPS) is 21.9. The van der Waals surface area contributed by atoms with E-state index < -0.39 is 5.41 Å². The van der Waals surface area contributed by atoms with E-state index in [2.05, 4.69) is 60.7 Å². The zero-order chi connectivity index (χ0) is 29.8. The molecule has 6 rings (SSSR count). The van der Waals surface area contributed by atoms with Crippen molar-refractivity contribution in [2.75, 3.05) is 50.7 Å². The fraction of sp³-hybridized carbons (Fsp3) is 0.500. The quantitative estimate of drug-likeness (QED) is 0.463. The van der Waals surface area contributed by atoms with Crippen molar-refractivity contribution in [2.24, 2.45) is 11.7 Å². The molecule has 0 spiro atoms. The summed E-state index contributed by atoms with van der Waals surface area (Å²) >= 11 is 0. The van der Waals surface area contributed by atoms with E-state index in [-0.39, 0.29) is 17.7 Å². The van der Waals surface area contributed by atoms with E-state index in [9.17, 15) is 14.9 Å². The summed E-state index contributed by atoms with van der Waals surface area (Å²) in [6, 6.07) is 12.3. The number of benzene rings is 2. The van der Waals surface area contributed by atoms with Gasteiger partial charge in [0.05, 0.1) is 17.2 Å². The van der Waals surface area contributed by atoms with Gasteiger partial charge < -0.3 is 25.4 Å². The van der Waals surface area contributed by atoms with Gasteiger partial charge in [-0.15, -0.1) is 0 Å². The number of nitrogens with zero attached hydrogens (tertiary/aromatic N) is 4. The van der Waals surface area contributed by atoms with Gasteiger partial charge in [-0.1, -0.05) is 33.8 Å². The van der Waals surface area contributed by atoms with E-state index >= 15 is 0 Å². The Labute approximate surface area is 248 Å². The van der Waals surface area contributed by atoms with Crippen LogP contribution in [0.15, 0.2) is 30.3 Å². The second-order valence-corrected chi connectivity index (χ2v) is 13.0. The monoisotopic (exact) mass is 566 g/mol. The number of hydrogen-bond donors (Lipinski definition) is 2. The number of rotatable bonds is 6. The minimum absolute atomic E-state index is 0.0392. The van der Waals surface area contributed by atoms with Crippen molar-refractivity contribution in [1.29, 1.82) is 5.26 Å². The maximum atomic E-state index is 13.9. The van der Waals surface area contributed by atoms with E-state index in [1.807, 2.05) is 17.0 Å². The molecule has 8 nitrogen and oxygen atoms in total. The average Bonchev–Trinajstić information content (AvgIpc) is 3.54. The van der Waals surface area contributed by atoms with E-state index in [4.69, 9.17) is 5.73 Å². The third-order valence-electron chi connectivity index (χ3n) is 9.88. The lowest BCUT2D eigenvalue weighted by Crippen LogP contribution is -2.49. The van der Waals surface area contributed by atoms with Gasteiger partial charge in [-0.25, -0.2) is 0 Å². The van der Waals surface area contributed by atoms with E-state index in [1.165, 1.54) is 0 Å². The number of nitrogens with two attached hydrogens (primary N) is 1. The summed E-state index contributed by atoms with van der Waals surface area (Å²) in [4.78, 5) is 37.2. The van der Waals surface area contributed by atoms with Gasteiger partial charge in [0.2, 0.25) is 5.91 Å². The van der Waals surface area contributed by atoms with Crippen molar-refractivity contribution in [2.45, 2.75) is 58.4 Å². The molecule has 2 atom stereocenters. The molecule has 2 fully saturated rings. The smallest absolute Gasteiger partial charge is 0.222 e. The van der Waals surface area contributed by atoms with Crippen molar-refractivity contribution in [3.05, 3.63) is 63.8 Å². The second-order valence-electron chi connectivity index (χ2n) is 13.0. The largest absolute Gasteiger partial charge is 0.368 e. The molecule has 220 valence electrons. The summed E-state index contributed by atoms with van der Waals surface area (Å²) in [5.74, 6) is 0.804. The predicted octanol–water partition coefficient (Wildman–Crippen LogP) is 4.18. The number of aryl methyl sites for hydroxylation is 1. The maximum Gasteiger partial charge on any atom is 0.222 e. The SMILES string of the molecule is CCc1cc2c(cc1N1CCN(C(=O)CCCN3C[C@@H](C)[C@@H](N)C3)CC1)C(C)(C)c1[nH]c3cc(C#N)ccc3c1C2=O. The summed E-state index contributed by atoms with van der Waals surface area (Å²) in [6.07, 6.45) is 2.28.